The first-order valence-corrected chi connectivity index (χ1v) is 5.42. The molecule has 0 aliphatic rings. The van der Waals surface area contributed by atoms with Gasteiger partial charge in [-0.1, -0.05) is 0 Å². The first-order valence-electron chi connectivity index (χ1n) is 2.41. The van der Waals surface area contributed by atoms with Crippen molar-refractivity contribution in [3.63, 3.8) is 0 Å². The summed E-state index contributed by atoms with van der Waals surface area (Å²) in [4.78, 5) is 0. The Hall–Kier alpha value is -0.380. The third-order valence-corrected chi connectivity index (χ3v) is 1.13. The summed E-state index contributed by atoms with van der Waals surface area (Å²) in [5.74, 6) is -0.354. The Bertz CT molecular complexity index is 287. The highest BCUT2D eigenvalue weighted by atomic mass is 32.3. The smallest absolute Gasteiger partial charge is 0.344 e. The fourth-order valence-corrected chi connectivity index (χ4v) is 0.447. The number of nitrogens with two attached hydrogens (primary N) is 1. The Morgan fingerprint density at radius 3 is 1.07 bits per heavy atom. The molecule has 0 aromatic heterocycles. The van der Waals surface area contributed by atoms with Crippen LogP contribution in [0.2, 0.25) is 0 Å². The van der Waals surface area contributed by atoms with Crippen molar-refractivity contribution in [2.45, 2.75) is 0 Å². The van der Waals surface area contributed by atoms with E-state index in [4.69, 9.17) is 27.8 Å². The second-order valence-electron chi connectivity index (χ2n) is 1.52. The minimum Gasteiger partial charge on any atom is -0.344 e. The fraction of sp³-hybridized carbons (Fsp3) is 1.00. The summed E-state index contributed by atoms with van der Waals surface area (Å²) in [7, 11) is -8.47. The van der Waals surface area contributed by atoms with Gasteiger partial charge in [-0.2, -0.15) is 16.8 Å². The molecule has 0 heterocycles. The summed E-state index contributed by atoms with van der Waals surface area (Å²) < 4.78 is 58.9. The van der Waals surface area contributed by atoms with Crippen LogP contribution in [0.3, 0.4) is 0 Å². The fourth-order valence-electron chi connectivity index (χ4n) is 0.149. The minimum absolute atomic E-state index is 0. The van der Waals surface area contributed by atoms with Gasteiger partial charge in [0.1, 0.15) is 0 Å². The van der Waals surface area contributed by atoms with Gasteiger partial charge >= 0.3 is 10.4 Å². The molecule has 15 heavy (non-hydrogen) atoms. The van der Waals surface area contributed by atoms with Crippen molar-refractivity contribution in [3.8, 4) is 0 Å². The highest BCUT2D eigenvalue weighted by Crippen LogP contribution is 1.74. The van der Waals surface area contributed by atoms with Crippen molar-refractivity contribution in [2.75, 3.05) is 12.3 Å². The quantitative estimate of drug-likeness (QED) is 0.289. The standard InChI is InChI=1S/C2H7NO3S.3H3N.H2O4S/c3-1-2-7(4,5)6;;;;1-5(2,3)4/h1-3H2,(H,4,5,6);3*1H3;(H2,1,2,3,4). The summed E-state index contributed by atoms with van der Waals surface area (Å²) in [5, 5.41) is 0. The van der Waals surface area contributed by atoms with Gasteiger partial charge in [-0.15, -0.1) is 0 Å². The lowest BCUT2D eigenvalue weighted by Crippen LogP contribution is -2.13. The number of rotatable bonds is 2. The highest BCUT2D eigenvalue weighted by molar-refractivity contribution is 7.85. The molecule has 0 saturated carbocycles. The summed E-state index contributed by atoms with van der Waals surface area (Å²) >= 11 is 0. The molecule has 0 amide bonds. The molecule has 0 radical (unpaired) electrons. The van der Waals surface area contributed by atoms with Gasteiger partial charge < -0.3 is 24.2 Å². The molecule has 0 bridgehead atoms. The molecule has 0 aliphatic heterocycles. The first-order chi connectivity index (χ1) is 5.06. The van der Waals surface area contributed by atoms with Gasteiger partial charge in [0.25, 0.3) is 10.1 Å². The lowest BCUT2D eigenvalue weighted by molar-refractivity contribution is 0.381. The monoisotopic (exact) mass is 274 g/mol. The molecule has 0 unspecified atom stereocenters. The minimum atomic E-state index is -4.67. The van der Waals surface area contributed by atoms with E-state index in [1.165, 1.54) is 0 Å². The zero-order valence-corrected chi connectivity index (χ0v) is 9.54. The van der Waals surface area contributed by atoms with Crippen LogP contribution in [0, 0.1) is 0 Å². The van der Waals surface area contributed by atoms with Crippen molar-refractivity contribution in [1.82, 2.24) is 18.5 Å². The maximum atomic E-state index is 9.71. The summed E-state index contributed by atoms with van der Waals surface area (Å²) in [6.45, 7) is -0.0289. The van der Waals surface area contributed by atoms with Gasteiger partial charge in [0, 0.05) is 6.54 Å². The molecule has 13 heteroatoms. The summed E-state index contributed by atoms with van der Waals surface area (Å²) in [6.07, 6.45) is 0. The van der Waals surface area contributed by atoms with Gasteiger partial charge in [-0.25, -0.2) is 0 Å². The second-order valence-corrected chi connectivity index (χ2v) is 3.99. The van der Waals surface area contributed by atoms with E-state index in [-0.39, 0.29) is 30.7 Å². The van der Waals surface area contributed by atoms with Crippen molar-refractivity contribution in [1.29, 1.82) is 0 Å². The van der Waals surface area contributed by atoms with E-state index in [1.807, 2.05) is 0 Å². The Labute approximate surface area is 88.1 Å². The molecule has 100 valence electrons. The van der Waals surface area contributed by atoms with E-state index >= 15 is 0 Å². The first kappa shape index (κ1) is 29.3. The van der Waals surface area contributed by atoms with Gasteiger partial charge in [0.15, 0.2) is 0 Å². The van der Waals surface area contributed by atoms with Crippen LogP contribution in [0.4, 0.5) is 0 Å². The highest BCUT2D eigenvalue weighted by Gasteiger charge is 1.98. The molecule has 0 fully saturated rings. The second kappa shape index (κ2) is 11.7. The predicted octanol–water partition coefficient (Wildman–Crippen LogP) is -1.33. The van der Waals surface area contributed by atoms with E-state index in [2.05, 4.69) is 0 Å². The average Bonchev–Trinajstić information content (AvgIpc) is 1.54. The Morgan fingerprint density at radius 1 is 0.867 bits per heavy atom. The van der Waals surface area contributed by atoms with Crippen LogP contribution in [-0.4, -0.2) is 42.8 Å². The third-order valence-electron chi connectivity index (χ3n) is 0.376. The Kier molecular flexibility index (Phi) is 22.8. The van der Waals surface area contributed by atoms with Crippen LogP contribution in [0.15, 0.2) is 0 Å². The molecule has 0 aromatic rings. The van der Waals surface area contributed by atoms with Gasteiger partial charge in [-0.3, -0.25) is 13.7 Å². The molecule has 0 saturated heterocycles. The molecular weight excluding hydrogens is 256 g/mol. The van der Waals surface area contributed by atoms with Crippen LogP contribution < -0.4 is 24.2 Å². The third kappa shape index (κ3) is 140. The molecule has 0 aliphatic carbocycles. The predicted molar refractivity (Wildman–Crippen MR) is 54.7 cm³/mol. The van der Waals surface area contributed by atoms with E-state index in [0.717, 1.165) is 0 Å². The Balaban J connectivity index is -0.0000000383. The topological polar surface area (TPSA) is 260 Å². The van der Waals surface area contributed by atoms with Gasteiger partial charge in [-0.05, 0) is 0 Å². The van der Waals surface area contributed by atoms with E-state index in [0.29, 0.717) is 0 Å². The largest absolute Gasteiger partial charge is 0.394 e. The maximum Gasteiger partial charge on any atom is 0.394 e. The zero-order valence-electron chi connectivity index (χ0n) is 7.90. The number of hydrogen-bond acceptors (Lipinski definition) is 8. The average molecular weight is 274 g/mol. The normalized spacial score (nSPS) is 9.33. The molecule has 0 aromatic carbocycles. The van der Waals surface area contributed by atoms with E-state index in [1.54, 1.807) is 0 Å². The molecule has 0 rings (SSSR count). The summed E-state index contributed by atoms with van der Waals surface area (Å²) in [6, 6.07) is 0. The lowest BCUT2D eigenvalue weighted by Gasteiger charge is -1.86. The van der Waals surface area contributed by atoms with E-state index in [9.17, 15) is 8.42 Å². The van der Waals surface area contributed by atoms with Gasteiger partial charge in [0.2, 0.25) is 0 Å². The van der Waals surface area contributed by atoms with Crippen LogP contribution >= 0.6 is 0 Å². The van der Waals surface area contributed by atoms with Crippen molar-refractivity contribution in [3.05, 3.63) is 0 Å². The molecule has 11 nitrogen and oxygen atoms in total. The number of hydrogen-bond donors (Lipinski definition) is 7. The lowest BCUT2D eigenvalue weighted by atomic mass is 10.8. The van der Waals surface area contributed by atoms with Crippen molar-refractivity contribution in [2.24, 2.45) is 5.73 Å². The summed E-state index contributed by atoms with van der Waals surface area (Å²) in [5.41, 5.74) is 4.78. The van der Waals surface area contributed by atoms with Crippen LogP contribution in [-0.2, 0) is 20.5 Å². The van der Waals surface area contributed by atoms with Crippen LogP contribution in [0.25, 0.3) is 0 Å². The molecular formula is C2H18N4O7S2. The Morgan fingerprint density at radius 2 is 1.07 bits per heavy atom. The molecule has 14 N–H and O–H groups in total. The maximum absolute atomic E-state index is 9.71. The van der Waals surface area contributed by atoms with Crippen LogP contribution in [0.5, 0.6) is 0 Å². The zero-order chi connectivity index (χ0) is 10.4. The van der Waals surface area contributed by atoms with Crippen molar-refractivity contribution < 1.29 is 30.5 Å². The molecule has 0 spiro atoms. The molecule has 0 atom stereocenters. The van der Waals surface area contributed by atoms with Crippen molar-refractivity contribution >= 4 is 20.5 Å². The SMILES string of the molecule is N.N.N.NCCS(=O)(=O)O.O=S(=O)(O)O. The van der Waals surface area contributed by atoms with E-state index < -0.39 is 20.5 Å². The van der Waals surface area contributed by atoms with Crippen LogP contribution in [0.1, 0.15) is 0 Å². The van der Waals surface area contributed by atoms with Gasteiger partial charge in [0.05, 0.1) is 5.75 Å².